The highest BCUT2D eigenvalue weighted by molar-refractivity contribution is 5.74. The number of halogens is 3. The highest BCUT2D eigenvalue weighted by atomic mass is 19.4. The maximum Gasteiger partial charge on any atom is 0.392 e. The molecule has 1 saturated carbocycles. The first-order valence-corrected chi connectivity index (χ1v) is 9.41. The minimum Gasteiger partial charge on any atom is -0.268 e. The molecule has 0 aromatic carbocycles. The number of fused-ring (bicyclic) bond motifs is 1. The highest BCUT2D eigenvalue weighted by Crippen LogP contribution is 2.44. The second-order valence-corrected chi connectivity index (χ2v) is 7.59. The van der Waals surface area contributed by atoms with Crippen LogP contribution in [0.4, 0.5) is 13.2 Å². The van der Waals surface area contributed by atoms with Crippen LogP contribution in [0.2, 0.25) is 0 Å². The van der Waals surface area contributed by atoms with Crippen LogP contribution in [0.3, 0.4) is 0 Å². The molecule has 0 radical (unpaired) electrons. The van der Waals surface area contributed by atoms with Crippen LogP contribution in [0.25, 0.3) is 11.3 Å². The summed E-state index contributed by atoms with van der Waals surface area (Å²) in [7, 11) is 1.75. The molecular weight excluding hydrogens is 353 g/mol. The number of pyridine rings is 1. The smallest absolute Gasteiger partial charge is 0.268 e. The standard InChI is InChI=1S/C20H21F3N4/c1-27-17(8-9-25-27)18-14-10-13(20(21,22)23)6-7-16(14)26-19(15(18)11-24)12-4-2-3-5-12/h8-9,12-13H,2-7,10H2,1H3. The molecule has 1 unspecified atom stereocenters. The van der Waals surface area contributed by atoms with E-state index in [0.717, 1.165) is 37.1 Å². The first-order valence-electron chi connectivity index (χ1n) is 9.41. The van der Waals surface area contributed by atoms with Gasteiger partial charge in [0.15, 0.2) is 0 Å². The first-order chi connectivity index (χ1) is 12.9. The van der Waals surface area contributed by atoms with E-state index < -0.39 is 12.1 Å². The van der Waals surface area contributed by atoms with Crippen LogP contribution in [-0.4, -0.2) is 20.9 Å². The monoisotopic (exact) mass is 374 g/mol. The fourth-order valence-corrected chi connectivity index (χ4v) is 4.57. The number of aryl methyl sites for hydroxylation is 2. The summed E-state index contributed by atoms with van der Waals surface area (Å²) in [5.41, 5.74) is 3.81. The van der Waals surface area contributed by atoms with Crippen LogP contribution in [0.5, 0.6) is 0 Å². The molecule has 2 aromatic rings. The van der Waals surface area contributed by atoms with E-state index in [1.165, 1.54) is 0 Å². The van der Waals surface area contributed by atoms with Gasteiger partial charge in [-0.1, -0.05) is 12.8 Å². The molecule has 0 spiro atoms. The Labute approximate surface area is 156 Å². The fraction of sp³-hybridized carbons (Fsp3) is 0.550. The number of alkyl halides is 3. The molecule has 0 bridgehead atoms. The quantitative estimate of drug-likeness (QED) is 0.767. The van der Waals surface area contributed by atoms with E-state index in [2.05, 4.69) is 11.2 Å². The number of nitriles is 1. The maximum absolute atomic E-state index is 13.4. The van der Waals surface area contributed by atoms with Gasteiger partial charge in [0, 0.05) is 30.4 Å². The normalized spacial score (nSPS) is 20.5. The summed E-state index contributed by atoms with van der Waals surface area (Å²) >= 11 is 0. The average Bonchev–Trinajstić information content (AvgIpc) is 3.30. The topological polar surface area (TPSA) is 54.5 Å². The van der Waals surface area contributed by atoms with Gasteiger partial charge >= 0.3 is 6.18 Å². The van der Waals surface area contributed by atoms with E-state index in [1.54, 1.807) is 24.0 Å². The van der Waals surface area contributed by atoms with Gasteiger partial charge in [-0.05, 0) is 43.7 Å². The van der Waals surface area contributed by atoms with E-state index in [1.807, 2.05) is 0 Å². The van der Waals surface area contributed by atoms with Crippen molar-refractivity contribution in [2.24, 2.45) is 13.0 Å². The Morgan fingerprint density at radius 2 is 1.96 bits per heavy atom. The van der Waals surface area contributed by atoms with Crippen molar-refractivity contribution in [3.05, 3.63) is 34.8 Å². The van der Waals surface area contributed by atoms with Gasteiger partial charge in [-0.3, -0.25) is 9.67 Å². The Balaban J connectivity index is 1.94. The third-order valence-electron chi connectivity index (χ3n) is 5.99. The molecule has 0 saturated heterocycles. The van der Waals surface area contributed by atoms with E-state index in [0.29, 0.717) is 28.8 Å². The Morgan fingerprint density at radius 1 is 1.22 bits per heavy atom. The largest absolute Gasteiger partial charge is 0.392 e. The molecule has 0 N–H and O–H groups in total. The van der Waals surface area contributed by atoms with Crippen LogP contribution in [0, 0.1) is 17.2 Å². The van der Waals surface area contributed by atoms with Gasteiger partial charge in [-0.2, -0.15) is 23.5 Å². The van der Waals surface area contributed by atoms with Crippen LogP contribution in [0.1, 0.15) is 60.5 Å². The molecule has 2 heterocycles. The highest BCUT2D eigenvalue weighted by Gasteiger charge is 2.43. The van der Waals surface area contributed by atoms with Crippen molar-refractivity contribution in [2.45, 2.75) is 57.0 Å². The lowest BCUT2D eigenvalue weighted by atomic mass is 9.80. The number of rotatable bonds is 2. The Bertz CT molecular complexity index is 901. The molecule has 1 atom stereocenters. The molecule has 0 amide bonds. The summed E-state index contributed by atoms with van der Waals surface area (Å²) in [4.78, 5) is 4.76. The van der Waals surface area contributed by atoms with Crippen molar-refractivity contribution in [2.75, 3.05) is 0 Å². The summed E-state index contributed by atoms with van der Waals surface area (Å²) in [6, 6.07) is 4.05. The number of hydrogen-bond donors (Lipinski definition) is 0. The number of aromatic nitrogens is 3. The molecule has 27 heavy (non-hydrogen) atoms. The molecule has 4 rings (SSSR count). The molecule has 1 fully saturated rings. The van der Waals surface area contributed by atoms with Crippen molar-refractivity contribution < 1.29 is 13.2 Å². The Hall–Kier alpha value is -2.36. The van der Waals surface area contributed by atoms with Crippen LogP contribution in [0.15, 0.2) is 12.3 Å². The lowest BCUT2D eigenvalue weighted by Gasteiger charge is -2.29. The van der Waals surface area contributed by atoms with E-state index >= 15 is 0 Å². The average molecular weight is 374 g/mol. The molecule has 7 heteroatoms. The van der Waals surface area contributed by atoms with Crippen LogP contribution >= 0.6 is 0 Å². The third kappa shape index (κ3) is 3.11. The van der Waals surface area contributed by atoms with Gasteiger partial charge < -0.3 is 0 Å². The number of hydrogen-bond acceptors (Lipinski definition) is 3. The van der Waals surface area contributed by atoms with Crippen molar-refractivity contribution in [3.8, 4) is 17.3 Å². The number of nitrogens with zero attached hydrogens (tertiary/aromatic N) is 4. The van der Waals surface area contributed by atoms with Crippen LogP contribution < -0.4 is 0 Å². The van der Waals surface area contributed by atoms with Gasteiger partial charge in [-0.25, -0.2) is 0 Å². The molecule has 0 aliphatic heterocycles. The third-order valence-corrected chi connectivity index (χ3v) is 5.99. The van der Waals surface area contributed by atoms with Crippen molar-refractivity contribution >= 4 is 0 Å². The second kappa shape index (κ2) is 6.66. The molecule has 4 nitrogen and oxygen atoms in total. The summed E-state index contributed by atoms with van der Waals surface area (Å²) in [6.45, 7) is 0. The molecule has 2 aliphatic rings. The van der Waals surface area contributed by atoms with Gasteiger partial charge in [-0.15, -0.1) is 0 Å². The van der Waals surface area contributed by atoms with Gasteiger partial charge in [0.2, 0.25) is 0 Å². The van der Waals surface area contributed by atoms with E-state index in [4.69, 9.17) is 4.98 Å². The minimum absolute atomic E-state index is 0.0599. The van der Waals surface area contributed by atoms with E-state index in [9.17, 15) is 18.4 Å². The second-order valence-electron chi connectivity index (χ2n) is 7.59. The lowest BCUT2D eigenvalue weighted by Crippen LogP contribution is -2.30. The molecular formula is C20H21F3N4. The maximum atomic E-state index is 13.4. The zero-order valence-corrected chi connectivity index (χ0v) is 15.2. The first kappa shape index (κ1) is 18.0. The Morgan fingerprint density at radius 3 is 2.56 bits per heavy atom. The van der Waals surface area contributed by atoms with Crippen molar-refractivity contribution in [3.63, 3.8) is 0 Å². The fourth-order valence-electron chi connectivity index (χ4n) is 4.57. The molecule has 2 aliphatic carbocycles. The summed E-state index contributed by atoms with van der Waals surface area (Å²) < 4.78 is 41.8. The van der Waals surface area contributed by atoms with Crippen molar-refractivity contribution in [1.82, 2.24) is 14.8 Å². The van der Waals surface area contributed by atoms with Crippen molar-refractivity contribution in [1.29, 1.82) is 5.26 Å². The van der Waals surface area contributed by atoms with E-state index in [-0.39, 0.29) is 18.8 Å². The van der Waals surface area contributed by atoms with Crippen LogP contribution in [-0.2, 0) is 19.9 Å². The molecule has 142 valence electrons. The SMILES string of the molecule is Cn1nccc1-c1c(C#N)c(C2CCCC2)nc2c1CC(C(F)(F)F)CC2. The Kier molecular flexibility index (Phi) is 4.45. The predicted molar refractivity (Wildman–Crippen MR) is 93.9 cm³/mol. The zero-order chi connectivity index (χ0) is 19.2. The molecule has 2 aromatic heterocycles. The summed E-state index contributed by atoms with van der Waals surface area (Å²) in [5, 5.41) is 14.1. The van der Waals surface area contributed by atoms with Gasteiger partial charge in [0.05, 0.1) is 22.9 Å². The summed E-state index contributed by atoms with van der Waals surface area (Å²) in [6.07, 6.45) is 1.79. The lowest BCUT2D eigenvalue weighted by molar-refractivity contribution is -0.177. The minimum atomic E-state index is -4.24. The van der Waals surface area contributed by atoms with Gasteiger partial charge in [0.1, 0.15) is 6.07 Å². The summed E-state index contributed by atoms with van der Waals surface area (Å²) in [5.74, 6) is -1.17. The van der Waals surface area contributed by atoms with Gasteiger partial charge in [0.25, 0.3) is 0 Å². The zero-order valence-electron chi connectivity index (χ0n) is 15.2. The predicted octanol–water partition coefficient (Wildman–Crippen LogP) is 4.68.